The lowest BCUT2D eigenvalue weighted by Crippen LogP contribution is -2.49. The molecule has 3 rings (SSSR count). The summed E-state index contributed by atoms with van der Waals surface area (Å²) >= 11 is 0. The van der Waals surface area contributed by atoms with Crippen LogP contribution in [0.3, 0.4) is 0 Å². The van der Waals surface area contributed by atoms with Gasteiger partial charge in [-0.2, -0.15) is 0 Å². The lowest BCUT2D eigenvalue weighted by atomic mass is 10.0. The molecule has 2 aliphatic heterocycles. The van der Waals surface area contributed by atoms with E-state index in [1.807, 2.05) is 30.3 Å². The van der Waals surface area contributed by atoms with Crippen molar-refractivity contribution in [1.82, 2.24) is 15.5 Å². The van der Waals surface area contributed by atoms with Crippen LogP contribution < -0.4 is 10.6 Å². The van der Waals surface area contributed by atoms with E-state index in [4.69, 9.17) is 4.74 Å². The molecule has 2 aliphatic rings. The lowest BCUT2D eigenvalue weighted by molar-refractivity contribution is 0.150. The molecular weight excluding hydrogens is 511 g/mol. The molecule has 2 atom stereocenters. The number of ether oxygens (including phenoxy) is 1. The average molecular weight is 549 g/mol. The Bertz CT molecular complexity index is 648. The highest BCUT2D eigenvalue weighted by Gasteiger charge is 2.24. The summed E-state index contributed by atoms with van der Waals surface area (Å²) in [6.45, 7) is 8.80. The van der Waals surface area contributed by atoms with Gasteiger partial charge in [0.15, 0.2) is 5.96 Å². The molecular formula is C22H37IN4O2S. The van der Waals surface area contributed by atoms with Crippen LogP contribution in [-0.2, 0) is 21.3 Å². The maximum absolute atomic E-state index is 12.3. The molecule has 2 unspecified atom stereocenters. The van der Waals surface area contributed by atoms with Gasteiger partial charge < -0.3 is 20.3 Å². The van der Waals surface area contributed by atoms with E-state index in [9.17, 15) is 4.21 Å². The zero-order valence-corrected chi connectivity index (χ0v) is 21.2. The number of benzene rings is 1. The highest BCUT2D eigenvalue weighted by molar-refractivity contribution is 14.0. The Hall–Kier alpha value is -0.710. The van der Waals surface area contributed by atoms with Gasteiger partial charge in [0.1, 0.15) is 0 Å². The van der Waals surface area contributed by atoms with Crippen LogP contribution in [0.15, 0.2) is 35.3 Å². The molecule has 0 radical (unpaired) electrons. The van der Waals surface area contributed by atoms with Gasteiger partial charge in [-0.05, 0) is 37.7 Å². The number of likely N-dealkylation sites (tertiary alicyclic amines) is 1. The van der Waals surface area contributed by atoms with Crippen molar-refractivity contribution in [1.29, 1.82) is 0 Å². The zero-order chi connectivity index (χ0) is 20.3. The Morgan fingerprint density at radius 1 is 1.23 bits per heavy atom. The van der Waals surface area contributed by atoms with E-state index in [0.717, 1.165) is 63.1 Å². The predicted octanol–water partition coefficient (Wildman–Crippen LogP) is 2.61. The fourth-order valence-corrected chi connectivity index (χ4v) is 4.96. The first-order valence-corrected chi connectivity index (χ1v) is 12.5. The number of nitrogens with one attached hydrogen (secondary N) is 2. The minimum absolute atomic E-state index is 0. The van der Waals surface area contributed by atoms with Crippen molar-refractivity contribution in [2.24, 2.45) is 10.9 Å². The number of rotatable bonds is 9. The maximum Gasteiger partial charge on any atom is 0.191 e. The maximum atomic E-state index is 12.3. The second-order valence-electron chi connectivity index (χ2n) is 7.98. The highest BCUT2D eigenvalue weighted by Crippen LogP contribution is 2.17. The normalized spacial score (nSPS) is 21.8. The molecule has 0 amide bonds. The van der Waals surface area contributed by atoms with Crippen LogP contribution in [0, 0.1) is 5.92 Å². The Balaban J connectivity index is 0.00000320. The fraction of sp³-hybridized carbons (Fsp3) is 0.682. The molecule has 0 aromatic heterocycles. The summed E-state index contributed by atoms with van der Waals surface area (Å²) in [6, 6.07) is 10.5. The molecule has 6 nitrogen and oxygen atoms in total. The molecule has 170 valence electrons. The zero-order valence-electron chi connectivity index (χ0n) is 18.1. The predicted molar refractivity (Wildman–Crippen MR) is 136 cm³/mol. The van der Waals surface area contributed by atoms with Crippen LogP contribution in [-0.4, -0.2) is 72.8 Å². The van der Waals surface area contributed by atoms with Crippen LogP contribution in [0.5, 0.6) is 0 Å². The van der Waals surface area contributed by atoms with Gasteiger partial charge in [-0.15, -0.1) is 24.0 Å². The van der Waals surface area contributed by atoms with E-state index < -0.39 is 10.8 Å². The third-order valence-corrected chi connectivity index (χ3v) is 6.87. The number of aliphatic imine (C=N–C) groups is 1. The summed E-state index contributed by atoms with van der Waals surface area (Å²) in [4.78, 5) is 7.24. The van der Waals surface area contributed by atoms with Crippen molar-refractivity contribution < 1.29 is 8.95 Å². The summed E-state index contributed by atoms with van der Waals surface area (Å²) in [5, 5.41) is 6.92. The summed E-state index contributed by atoms with van der Waals surface area (Å²) in [7, 11) is -0.885. The van der Waals surface area contributed by atoms with Crippen molar-refractivity contribution in [2.45, 2.75) is 38.0 Å². The van der Waals surface area contributed by atoms with E-state index in [0.29, 0.717) is 24.1 Å². The second kappa shape index (κ2) is 14.4. The van der Waals surface area contributed by atoms with E-state index in [-0.39, 0.29) is 24.0 Å². The van der Waals surface area contributed by atoms with Crippen LogP contribution in [0.4, 0.5) is 0 Å². The average Bonchev–Trinajstić information content (AvgIpc) is 3.23. The minimum Gasteiger partial charge on any atom is -0.381 e. The van der Waals surface area contributed by atoms with Crippen molar-refractivity contribution in [3.8, 4) is 0 Å². The van der Waals surface area contributed by atoms with Gasteiger partial charge in [-0.3, -0.25) is 9.20 Å². The summed E-state index contributed by atoms with van der Waals surface area (Å²) in [6.07, 6.45) is 3.48. The molecule has 30 heavy (non-hydrogen) atoms. The van der Waals surface area contributed by atoms with Gasteiger partial charge in [0.2, 0.25) is 0 Å². The topological polar surface area (TPSA) is 66.0 Å². The van der Waals surface area contributed by atoms with Crippen molar-refractivity contribution in [3.63, 3.8) is 0 Å². The molecule has 2 heterocycles. The van der Waals surface area contributed by atoms with Gasteiger partial charge >= 0.3 is 0 Å². The molecule has 0 bridgehead atoms. The highest BCUT2D eigenvalue weighted by atomic mass is 127. The first-order valence-electron chi connectivity index (χ1n) is 11.0. The number of halogens is 1. The lowest BCUT2D eigenvalue weighted by Gasteiger charge is -2.34. The van der Waals surface area contributed by atoms with Gasteiger partial charge in [0.25, 0.3) is 0 Å². The van der Waals surface area contributed by atoms with Crippen molar-refractivity contribution in [2.75, 3.05) is 51.7 Å². The molecule has 1 aromatic rings. The monoisotopic (exact) mass is 548 g/mol. The van der Waals surface area contributed by atoms with E-state index >= 15 is 0 Å². The van der Waals surface area contributed by atoms with E-state index in [1.54, 1.807) is 0 Å². The molecule has 0 spiro atoms. The molecule has 0 aliphatic carbocycles. The molecule has 0 saturated carbocycles. The van der Waals surface area contributed by atoms with Crippen LogP contribution >= 0.6 is 24.0 Å². The summed E-state index contributed by atoms with van der Waals surface area (Å²) < 4.78 is 17.8. The van der Waals surface area contributed by atoms with Gasteiger partial charge in [-0.25, -0.2) is 0 Å². The Morgan fingerprint density at radius 3 is 2.67 bits per heavy atom. The van der Waals surface area contributed by atoms with Crippen LogP contribution in [0.1, 0.15) is 31.7 Å². The largest absolute Gasteiger partial charge is 0.381 e. The minimum atomic E-state index is -0.885. The summed E-state index contributed by atoms with van der Waals surface area (Å²) in [5.74, 6) is 2.76. The molecule has 2 saturated heterocycles. The third kappa shape index (κ3) is 9.20. The second-order valence-corrected chi connectivity index (χ2v) is 9.56. The smallest absolute Gasteiger partial charge is 0.191 e. The Morgan fingerprint density at radius 2 is 2.00 bits per heavy atom. The quantitative estimate of drug-likeness (QED) is 0.282. The number of hydrogen-bond acceptors (Lipinski definition) is 4. The van der Waals surface area contributed by atoms with Crippen LogP contribution in [0.2, 0.25) is 0 Å². The Labute approximate surface area is 201 Å². The molecule has 1 aromatic carbocycles. The van der Waals surface area contributed by atoms with Crippen molar-refractivity contribution in [3.05, 3.63) is 35.9 Å². The van der Waals surface area contributed by atoms with Gasteiger partial charge in [0.05, 0.1) is 13.2 Å². The molecule has 2 N–H and O–H groups in total. The standard InChI is InChI=1S/C22H36N4O2S.HI/c1-2-23-22(24-11-15-29(27)18-19-6-4-3-5-7-19)25-21-8-12-26(13-9-21)16-20-10-14-28-17-20;/h3-7,20-21H,2,8-18H2,1H3,(H2,23,24,25);1H. The number of hydrogen-bond donors (Lipinski definition) is 2. The van der Waals surface area contributed by atoms with E-state index in [2.05, 4.69) is 27.4 Å². The van der Waals surface area contributed by atoms with Gasteiger partial charge in [0, 0.05) is 61.1 Å². The summed E-state index contributed by atoms with van der Waals surface area (Å²) in [5.41, 5.74) is 1.12. The first-order chi connectivity index (χ1) is 14.2. The Kier molecular flexibility index (Phi) is 12.2. The fourth-order valence-electron chi connectivity index (χ4n) is 3.96. The third-order valence-electron chi connectivity index (χ3n) is 5.57. The van der Waals surface area contributed by atoms with E-state index in [1.165, 1.54) is 13.0 Å². The van der Waals surface area contributed by atoms with Gasteiger partial charge in [-0.1, -0.05) is 30.3 Å². The van der Waals surface area contributed by atoms with Crippen LogP contribution in [0.25, 0.3) is 0 Å². The first kappa shape index (κ1) is 25.5. The number of piperidine rings is 1. The number of nitrogens with zero attached hydrogens (tertiary/aromatic N) is 2. The SMILES string of the molecule is CCNC(=NCCS(=O)Cc1ccccc1)NC1CCN(CC2CCOC2)CC1.I. The van der Waals surface area contributed by atoms with Crippen molar-refractivity contribution >= 4 is 40.7 Å². The molecule has 8 heteroatoms. The molecule has 2 fully saturated rings. The number of guanidine groups is 1.